The first-order chi connectivity index (χ1) is 12.4. The zero-order valence-electron chi connectivity index (χ0n) is 13.4. The Morgan fingerprint density at radius 3 is 2.62 bits per heavy atom. The van der Waals surface area contributed by atoms with E-state index >= 15 is 0 Å². The molecule has 2 N–H and O–H groups in total. The molecule has 5 nitrogen and oxygen atoms in total. The van der Waals surface area contributed by atoms with Crippen molar-refractivity contribution in [3.63, 3.8) is 0 Å². The van der Waals surface area contributed by atoms with E-state index in [1.54, 1.807) is 12.1 Å². The summed E-state index contributed by atoms with van der Waals surface area (Å²) in [7, 11) is 0. The maximum atomic E-state index is 12.7. The first-order valence-corrected chi connectivity index (χ1v) is 7.63. The van der Waals surface area contributed by atoms with Gasteiger partial charge < -0.3 is 15.1 Å². The fraction of sp³-hybridized carbons (Fsp3) is 0.111. The summed E-state index contributed by atoms with van der Waals surface area (Å²) in [5, 5.41) is 5.46. The number of anilines is 2. The van der Waals surface area contributed by atoms with Crippen LogP contribution >= 0.6 is 0 Å². The Hall–Kier alpha value is -3.29. The van der Waals surface area contributed by atoms with Crippen molar-refractivity contribution >= 4 is 17.4 Å². The Labute approximate surface area is 146 Å². The van der Waals surface area contributed by atoms with E-state index in [1.165, 1.54) is 36.7 Å². The quantitative estimate of drug-likeness (QED) is 0.708. The molecule has 0 atom stereocenters. The highest BCUT2D eigenvalue weighted by molar-refractivity contribution is 5.94. The molecular formula is C18H14F3N3O2. The van der Waals surface area contributed by atoms with E-state index in [4.69, 9.17) is 4.42 Å². The summed E-state index contributed by atoms with van der Waals surface area (Å²) in [6.07, 6.45) is -1.56. The molecule has 0 saturated carbocycles. The third-order valence-electron chi connectivity index (χ3n) is 3.49. The lowest BCUT2D eigenvalue weighted by molar-refractivity contribution is -0.137. The molecule has 0 aliphatic carbocycles. The molecule has 0 aliphatic rings. The van der Waals surface area contributed by atoms with Gasteiger partial charge in [-0.25, -0.2) is 4.98 Å². The second-order valence-corrected chi connectivity index (χ2v) is 5.40. The molecule has 8 heteroatoms. The molecule has 2 heterocycles. The van der Waals surface area contributed by atoms with Crippen molar-refractivity contribution in [1.29, 1.82) is 0 Å². The monoisotopic (exact) mass is 361 g/mol. The normalized spacial score (nSPS) is 11.2. The van der Waals surface area contributed by atoms with Crippen molar-refractivity contribution in [1.82, 2.24) is 10.3 Å². The minimum absolute atomic E-state index is 0.246. The van der Waals surface area contributed by atoms with Crippen molar-refractivity contribution in [2.24, 2.45) is 0 Å². The molecule has 0 fully saturated rings. The second kappa shape index (κ2) is 7.30. The molecule has 0 aliphatic heterocycles. The molecule has 2 aromatic heterocycles. The lowest BCUT2D eigenvalue weighted by Gasteiger charge is -2.10. The molecule has 0 unspecified atom stereocenters. The topological polar surface area (TPSA) is 67.2 Å². The minimum Gasteiger partial charge on any atom is -0.467 e. The maximum absolute atomic E-state index is 12.7. The van der Waals surface area contributed by atoms with Crippen molar-refractivity contribution < 1.29 is 22.4 Å². The van der Waals surface area contributed by atoms with Gasteiger partial charge in [-0.15, -0.1) is 0 Å². The summed E-state index contributed by atoms with van der Waals surface area (Å²) < 4.78 is 43.3. The standard InChI is InChI=1S/C18H14F3N3O2/c19-18(20,21)13-3-1-4-14(9-13)24-16-7-6-12(10-22-16)17(25)23-11-15-5-2-8-26-15/h1-10H,11H2,(H,22,24)(H,23,25). The second-order valence-electron chi connectivity index (χ2n) is 5.40. The van der Waals surface area contributed by atoms with Gasteiger partial charge in [0, 0.05) is 11.9 Å². The first kappa shape index (κ1) is 17.5. The number of carbonyl (C=O) groups is 1. The number of hydrogen-bond acceptors (Lipinski definition) is 4. The Bertz CT molecular complexity index is 875. The van der Waals surface area contributed by atoms with Gasteiger partial charge >= 0.3 is 6.18 Å². The lowest BCUT2D eigenvalue weighted by Crippen LogP contribution is -2.22. The summed E-state index contributed by atoms with van der Waals surface area (Å²) in [6.45, 7) is 0.246. The Morgan fingerprint density at radius 2 is 1.96 bits per heavy atom. The van der Waals surface area contributed by atoms with Crippen molar-refractivity contribution in [3.05, 3.63) is 77.9 Å². The molecule has 26 heavy (non-hydrogen) atoms. The molecule has 134 valence electrons. The Balaban J connectivity index is 1.63. The van der Waals surface area contributed by atoms with E-state index in [0.717, 1.165) is 12.1 Å². The van der Waals surface area contributed by atoms with Crippen LogP contribution in [-0.4, -0.2) is 10.9 Å². The van der Waals surface area contributed by atoms with E-state index in [9.17, 15) is 18.0 Å². The summed E-state index contributed by atoms with van der Waals surface area (Å²) in [5.74, 6) is 0.612. The minimum atomic E-state index is -4.42. The zero-order chi connectivity index (χ0) is 18.6. The predicted molar refractivity (Wildman–Crippen MR) is 88.8 cm³/mol. The molecule has 0 bridgehead atoms. The van der Waals surface area contributed by atoms with Gasteiger partial charge in [-0.1, -0.05) is 6.07 Å². The average molecular weight is 361 g/mol. The summed E-state index contributed by atoms with van der Waals surface area (Å²) in [4.78, 5) is 16.1. The average Bonchev–Trinajstić information content (AvgIpc) is 3.13. The number of nitrogens with zero attached hydrogens (tertiary/aromatic N) is 1. The maximum Gasteiger partial charge on any atom is 0.416 e. The number of aromatic nitrogens is 1. The molecular weight excluding hydrogens is 347 g/mol. The number of hydrogen-bond donors (Lipinski definition) is 2. The zero-order valence-corrected chi connectivity index (χ0v) is 13.4. The van der Waals surface area contributed by atoms with Gasteiger partial charge in [0.15, 0.2) is 0 Å². The molecule has 3 aromatic rings. The number of halogens is 3. The third-order valence-corrected chi connectivity index (χ3v) is 3.49. The number of alkyl halides is 3. The summed E-state index contributed by atoms with van der Waals surface area (Å²) >= 11 is 0. The van der Waals surface area contributed by atoms with E-state index in [-0.39, 0.29) is 18.1 Å². The van der Waals surface area contributed by atoms with Crippen LogP contribution in [0.4, 0.5) is 24.7 Å². The van der Waals surface area contributed by atoms with Crippen LogP contribution in [0.3, 0.4) is 0 Å². The first-order valence-electron chi connectivity index (χ1n) is 7.63. The van der Waals surface area contributed by atoms with E-state index in [1.807, 2.05) is 0 Å². The number of amides is 1. The fourth-order valence-corrected chi connectivity index (χ4v) is 2.21. The smallest absolute Gasteiger partial charge is 0.416 e. The highest BCUT2D eigenvalue weighted by Crippen LogP contribution is 2.31. The van der Waals surface area contributed by atoms with Gasteiger partial charge in [-0.05, 0) is 42.5 Å². The predicted octanol–water partition coefficient (Wildman–Crippen LogP) is 4.37. The molecule has 0 saturated heterocycles. The van der Waals surface area contributed by atoms with Crippen LogP contribution in [0.15, 0.2) is 65.4 Å². The van der Waals surface area contributed by atoms with Gasteiger partial charge in [0.2, 0.25) is 0 Å². The van der Waals surface area contributed by atoms with E-state index < -0.39 is 11.7 Å². The third kappa shape index (κ3) is 4.41. The number of benzene rings is 1. The molecule has 0 spiro atoms. The lowest BCUT2D eigenvalue weighted by atomic mass is 10.2. The molecule has 0 radical (unpaired) electrons. The number of pyridine rings is 1. The van der Waals surface area contributed by atoms with Crippen LogP contribution in [0.1, 0.15) is 21.7 Å². The van der Waals surface area contributed by atoms with Crippen LogP contribution in [0, 0.1) is 0 Å². The van der Waals surface area contributed by atoms with Crippen molar-refractivity contribution in [2.75, 3.05) is 5.32 Å². The van der Waals surface area contributed by atoms with Gasteiger partial charge in [-0.2, -0.15) is 13.2 Å². The fourth-order valence-electron chi connectivity index (χ4n) is 2.21. The van der Waals surface area contributed by atoms with Crippen LogP contribution in [0.5, 0.6) is 0 Å². The van der Waals surface area contributed by atoms with E-state index in [0.29, 0.717) is 17.1 Å². The summed E-state index contributed by atoms with van der Waals surface area (Å²) in [6, 6.07) is 11.3. The summed E-state index contributed by atoms with van der Waals surface area (Å²) in [5.41, 5.74) is -0.176. The molecule has 1 aromatic carbocycles. The number of furan rings is 1. The highest BCUT2D eigenvalue weighted by Gasteiger charge is 2.30. The van der Waals surface area contributed by atoms with Crippen molar-refractivity contribution in [2.45, 2.75) is 12.7 Å². The largest absolute Gasteiger partial charge is 0.467 e. The number of carbonyl (C=O) groups excluding carboxylic acids is 1. The van der Waals surface area contributed by atoms with Gasteiger partial charge in [0.05, 0.1) is 23.9 Å². The van der Waals surface area contributed by atoms with Crippen LogP contribution < -0.4 is 10.6 Å². The van der Waals surface area contributed by atoms with Crippen molar-refractivity contribution in [3.8, 4) is 0 Å². The highest BCUT2D eigenvalue weighted by atomic mass is 19.4. The Kier molecular flexibility index (Phi) is 4.92. The molecule has 3 rings (SSSR count). The van der Waals surface area contributed by atoms with Gasteiger partial charge in [-0.3, -0.25) is 4.79 Å². The number of rotatable bonds is 5. The van der Waals surface area contributed by atoms with Crippen LogP contribution in [0.25, 0.3) is 0 Å². The van der Waals surface area contributed by atoms with Gasteiger partial charge in [0.25, 0.3) is 5.91 Å². The Morgan fingerprint density at radius 1 is 1.12 bits per heavy atom. The van der Waals surface area contributed by atoms with Gasteiger partial charge in [0.1, 0.15) is 11.6 Å². The SMILES string of the molecule is O=C(NCc1ccco1)c1ccc(Nc2cccc(C(F)(F)F)c2)nc1. The van der Waals surface area contributed by atoms with Crippen LogP contribution in [0.2, 0.25) is 0 Å². The van der Waals surface area contributed by atoms with E-state index in [2.05, 4.69) is 15.6 Å². The number of nitrogens with one attached hydrogen (secondary N) is 2. The molecule has 1 amide bonds. The van der Waals surface area contributed by atoms with Crippen LogP contribution in [-0.2, 0) is 12.7 Å².